The number of Topliss-reactive ketones (excluding diaryl/α,β-unsaturated/α-hetero) is 1. The van der Waals surface area contributed by atoms with Gasteiger partial charge in [-0.05, 0) is 30.2 Å². The summed E-state index contributed by atoms with van der Waals surface area (Å²) in [6.07, 6.45) is 4.02. The Labute approximate surface area is 112 Å². The number of hydrogen-bond acceptors (Lipinski definition) is 1. The average molecular weight is 257 g/mol. The van der Waals surface area contributed by atoms with Gasteiger partial charge in [0.25, 0.3) is 0 Å². The molecular weight excluding hydrogens is 244 g/mol. The van der Waals surface area contributed by atoms with Crippen LogP contribution in [0.4, 0.5) is 0 Å². The first-order valence-electron chi connectivity index (χ1n) is 5.70. The first-order chi connectivity index (χ1) is 8.65. The van der Waals surface area contributed by atoms with E-state index < -0.39 is 0 Å². The van der Waals surface area contributed by atoms with Crippen molar-refractivity contribution in [1.82, 2.24) is 0 Å². The van der Waals surface area contributed by atoms with Gasteiger partial charge in [-0.25, -0.2) is 0 Å². The van der Waals surface area contributed by atoms with Crippen LogP contribution < -0.4 is 0 Å². The van der Waals surface area contributed by atoms with E-state index >= 15 is 0 Å². The monoisotopic (exact) mass is 256 g/mol. The van der Waals surface area contributed by atoms with Crippen molar-refractivity contribution in [2.45, 2.75) is 6.92 Å². The Hall–Kier alpha value is -1.86. The number of carbonyl (C=O) groups excluding carboxylic acids is 1. The second-order valence-corrected chi connectivity index (χ2v) is 4.50. The van der Waals surface area contributed by atoms with Gasteiger partial charge in [0.05, 0.1) is 0 Å². The maximum atomic E-state index is 11.1. The highest BCUT2D eigenvalue weighted by atomic mass is 35.5. The lowest BCUT2D eigenvalue weighted by Crippen LogP contribution is -1.90. The molecule has 0 aliphatic heterocycles. The van der Waals surface area contributed by atoms with E-state index in [9.17, 15) is 4.79 Å². The number of halogens is 1. The fraction of sp³-hybridized carbons (Fsp3) is 0.0625. The van der Waals surface area contributed by atoms with Gasteiger partial charge in [-0.2, -0.15) is 0 Å². The van der Waals surface area contributed by atoms with Crippen LogP contribution in [-0.4, -0.2) is 5.78 Å². The van der Waals surface area contributed by atoms with Crippen molar-refractivity contribution in [3.8, 4) is 0 Å². The second-order valence-electron chi connectivity index (χ2n) is 4.06. The molecule has 18 heavy (non-hydrogen) atoms. The smallest absolute Gasteiger partial charge is 0.159 e. The molecule has 0 fully saturated rings. The Balaban J connectivity index is 2.13. The summed E-state index contributed by atoms with van der Waals surface area (Å²) in [7, 11) is 0. The van der Waals surface area contributed by atoms with Gasteiger partial charge in [0.1, 0.15) is 0 Å². The molecule has 90 valence electrons. The highest BCUT2D eigenvalue weighted by molar-refractivity contribution is 6.30. The molecule has 0 saturated heterocycles. The number of carbonyl (C=O) groups is 1. The molecule has 0 bridgehead atoms. The number of benzene rings is 2. The fourth-order valence-electron chi connectivity index (χ4n) is 1.60. The number of rotatable bonds is 3. The molecule has 2 aromatic carbocycles. The summed E-state index contributed by atoms with van der Waals surface area (Å²) in [6.45, 7) is 1.57. The van der Waals surface area contributed by atoms with E-state index in [1.807, 2.05) is 60.7 Å². The van der Waals surface area contributed by atoms with Crippen LogP contribution in [0.1, 0.15) is 28.4 Å². The lowest BCUT2D eigenvalue weighted by molar-refractivity contribution is 0.101. The number of ketones is 1. The maximum absolute atomic E-state index is 11.1. The zero-order chi connectivity index (χ0) is 13.0. The van der Waals surface area contributed by atoms with E-state index in [4.69, 9.17) is 11.6 Å². The minimum atomic E-state index is 0.0863. The normalized spacial score (nSPS) is 10.8. The summed E-state index contributed by atoms with van der Waals surface area (Å²) in [6, 6.07) is 15.2. The zero-order valence-electron chi connectivity index (χ0n) is 10.1. The summed E-state index contributed by atoms with van der Waals surface area (Å²) in [5.41, 5.74) is 2.89. The van der Waals surface area contributed by atoms with Crippen LogP contribution >= 0.6 is 11.6 Å². The Morgan fingerprint density at radius 3 is 1.78 bits per heavy atom. The van der Waals surface area contributed by atoms with Crippen molar-refractivity contribution >= 4 is 29.5 Å². The van der Waals surface area contributed by atoms with Gasteiger partial charge >= 0.3 is 0 Å². The third-order valence-corrected chi connectivity index (χ3v) is 2.91. The van der Waals surface area contributed by atoms with E-state index in [-0.39, 0.29) is 5.78 Å². The van der Waals surface area contributed by atoms with Crippen LogP contribution in [0.25, 0.3) is 12.2 Å². The van der Waals surface area contributed by atoms with Crippen molar-refractivity contribution < 1.29 is 4.79 Å². The van der Waals surface area contributed by atoms with Gasteiger partial charge in [0, 0.05) is 10.6 Å². The quantitative estimate of drug-likeness (QED) is 0.574. The van der Waals surface area contributed by atoms with Gasteiger partial charge in [0.15, 0.2) is 5.78 Å². The molecule has 0 aliphatic rings. The molecule has 2 rings (SSSR count). The molecule has 1 nitrogen and oxygen atoms in total. The summed E-state index contributed by atoms with van der Waals surface area (Å²) >= 11 is 5.82. The van der Waals surface area contributed by atoms with Gasteiger partial charge < -0.3 is 0 Å². The molecule has 0 N–H and O–H groups in total. The van der Waals surface area contributed by atoms with Gasteiger partial charge in [0.2, 0.25) is 0 Å². The Bertz CT molecular complexity index is 565. The molecule has 2 aromatic rings. The molecule has 0 amide bonds. The molecule has 0 heterocycles. The SMILES string of the molecule is CC(=O)c1ccc(/C=C/c2ccc(Cl)cc2)cc1. The van der Waals surface area contributed by atoms with Crippen molar-refractivity contribution in [3.05, 3.63) is 70.2 Å². The third kappa shape index (κ3) is 3.31. The van der Waals surface area contributed by atoms with Crippen molar-refractivity contribution in [2.75, 3.05) is 0 Å². The van der Waals surface area contributed by atoms with Crippen LogP contribution in [0.2, 0.25) is 5.02 Å². The lowest BCUT2D eigenvalue weighted by Gasteiger charge is -1.97. The largest absolute Gasteiger partial charge is 0.295 e. The van der Waals surface area contributed by atoms with E-state index in [1.54, 1.807) is 6.92 Å². The second kappa shape index (κ2) is 5.65. The van der Waals surface area contributed by atoms with Crippen molar-refractivity contribution in [3.63, 3.8) is 0 Å². The summed E-state index contributed by atoms with van der Waals surface area (Å²) in [4.78, 5) is 11.1. The van der Waals surface area contributed by atoms with Crippen LogP contribution in [0.3, 0.4) is 0 Å². The summed E-state index contributed by atoms with van der Waals surface area (Å²) in [5.74, 6) is 0.0863. The molecule has 2 heteroatoms. The van der Waals surface area contributed by atoms with Crippen molar-refractivity contribution in [1.29, 1.82) is 0 Å². The zero-order valence-corrected chi connectivity index (χ0v) is 10.8. The summed E-state index contributed by atoms with van der Waals surface area (Å²) < 4.78 is 0. The average Bonchev–Trinajstić information content (AvgIpc) is 2.38. The van der Waals surface area contributed by atoms with E-state index in [1.165, 1.54) is 0 Å². The minimum Gasteiger partial charge on any atom is -0.295 e. The molecule has 0 aliphatic carbocycles. The maximum Gasteiger partial charge on any atom is 0.159 e. The minimum absolute atomic E-state index is 0.0863. The van der Waals surface area contributed by atoms with Gasteiger partial charge in [-0.15, -0.1) is 0 Å². The first kappa shape index (κ1) is 12.6. The molecule has 0 aromatic heterocycles. The van der Waals surface area contributed by atoms with Crippen molar-refractivity contribution in [2.24, 2.45) is 0 Å². The van der Waals surface area contributed by atoms with E-state index in [0.717, 1.165) is 21.7 Å². The van der Waals surface area contributed by atoms with Crippen LogP contribution in [0.15, 0.2) is 48.5 Å². The highest BCUT2D eigenvalue weighted by Crippen LogP contribution is 2.13. The Kier molecular flexibility index (Phi) is 3.96. The standard InChI is InChI=1S/C16H13ClO/c1-12(18)15-8-4-13(5-9-15)2-3-14-6-10-16(17)11-7-14/h2-11H,1H3/b3-2+. The predicted molar refractivity (Wildman–Crippen MR) is 76.8 cm³/mol. The predicted octanol–water partition coefficient (Wildman–Crippen LogP) is 4.71. The Morgan fingerprint density at radius 1 is 0.889 bits per heavy atom. The summed E-state index contributed by atoms with van der Waals surface area (Å²) in [5, 5.41) is 0.734. The molecule has 0 radical (unpaired) electrons. The van der Waals surface area contributed by atoms with Crippen LogP contribution in [-0.2, 0) is 0 Å². The fourth-order valence-corrected chi connectivity index (χ4v) is 1.72. The van der Waals surface area contributed by atoms with E-state index in [2.05, 4.69) is 0 Å². The number of hydrogen-bond donors (Lipinski definition) is 0. The Morgan fingerprint density at radius 2 is 1.33 bits per heavy atom. The molecule has 0 saturated carbocycles. The van der Waals surface area contributed by atoms with Gasteiger partial charge in [-0.3, -0.25) is 4.79 Å². The van der Waals surface area contributed by atoms with Gasteiger partial charge in [-0.1, -0.05) is 60.2 Å². The van der Waals surface area contributed by atoms with Crippen LogP contribution in [0.5, 0.6) is 0 Å². The van der Waals surface area contributed by atoms with E-state index in [0.29, 0.717) is 0 Å². The third-order valence-electron chi connectivity index (χ3n) is 2.66. The molecular formula is C16H13ClO. The molecule has 0 atom stereocenters. The molecule has 0 unspecified atom stereocenters. The van der Waals surface area contributed by atoms with Crippen LogP contribution in [0, 0.1) is 0 Å². The molecule has 0 spiro atoms. The highest BCUT2D eigenvalue weighted by Gasteiger charge is 1.96. The lowest BCUT2D eigenvalue weighted by atomic mass is 10.1. The first-order valence-corrected chi connectivity index (χ1v) is 6.07. The topological polar surface area (TPSA) is 17.1 Å².